The van der Waals surface area contributed by atoms with Crippen molar-refractivity contribution < 1.29 is 4.39 Å². The Morgan fingerprint density at radius 1 is 1.21 bits per heavy atom. The average molecular weight is 190 g/mol. The van der Waals surface area contributed by atoms with Gasteiger partial charge in [-0.3, -0.25) is 9.97 Å². The Kier molecular flexibility index (Phi) is 2.15. The molecule has 0 N–H and O–H groups in total. The lowest BCUT2D eigenvalue weighted by Crippen LogP contribution is -1.93. The molecule has 2 aromatic heterocycles. The van der Waals surface area contributed by atoms with Crippen molar-refractivity contribution in [1.82, 2.24) is 9.97 Å². The molecular weight excluding hydrogens is 179 g/mol. The van der Waals surface area contributed by atoms with E-state index in [1.807, 2.05) is 0 Å². The number of hydrogen-bond acceptors (Lipinski definition) is 2. The van der Waals surface area contributed by atoms with E-state index in [0.717, 1.165) is 16.5 Å². The molecule has 2 rings (SSSR count). The van der Waals surface area contributed by atoms with Crippen molar-refractivity contribution in [3.8, 4) is 0 Å². The first-order valence-electron chi connectivity index (χ1n) is 4.57. The van der Waals surface area contributed by atoms with E-state index < -0.39 is 0 Å². The zero-order valence-corrected chi connectivity index (χ0v) is 8.16. The smallest absolute Gasteiger partial charge is 0.142 e. The number of fused-ring (bicyclic) bond motifs is 1. The maximum atomic E-state index is 12.9. The fourth-order valence-electron chi connectivity index (χ4n) is 1.48. The van der Waals surface area contributed by atoms with Crippen LogP contribution in [0.4, 0.5) is 4.39 Å². The summed E-state index contributed by atoms with van der Waals surface area (Å²) in [5.41, 5.74) is 1.90. The molecule has 0 unspecified atom stereocenters. The minimum Gasteiger partial charge on any atom is -0.264 e. The summed E-state index contributed by atoms with van der Waals surface area (Å²) in [7, 11) is 0. The highest BCUT2D eigenvalue weighted by Crippen LogP contribution is 2.22. The predicted octanol–water partition coefficient (Wildman–Crippen LogP) is 2.89. The van der Waals surface area contributed by atoms with Crippen LogP contribution in [0, 0.1) is 5.82 Å². The SMILES string of the molecule is CC(C)c1cncc2cc(F)cnc12. The molecule has 0 radical (unpaired) electrons. The summed E-state index contributed by atoms with van der Waals surface area (Å²) < 4.78 is 12.9. The Balaban J connectivity index is 2.75. The number of nitrogens with zero attached hydrogens (tertiary/aromatic N) is 2. The van der Waals surface area contributed by atoms with Crippen molar-refractivity contribution in [3.63, 3.8) is 0 Å². The highest BCUT2D eigenvalue weighted by atomic mass is 19.1. The molecule has 0 amide bonds. The van der Waals surface area contributed by atoms with Gasteiger partial charge in [-0.05, 0) is 17.5 Å². The van der Waals surface area contributed by atoms with Crippen molar-refractivity contribution in [2.45, 2.75) is 19.8 Å². The molecule has 3 heteroatoms. The predicted molar refractivity (Wildman–Crippen MR) is 53.6 cm³/mol. The van der Waals surface area contributed by atoms with E-state index in [9.17, 15) is 4.39 Å². The molecule has 0 atom stereocenters. The third-order valence-corrected chi connectivity index (χ3v) is 2.21. The molecule has 0 saturated carbocycles. The third-order valence-electron chi connectivity index (χ3n) is 2.21. The third kappa shape index (κ3) is 1.45. The van der Waals surface area contributed by atoms with Gasteiger partial charge in [0.1, 0.15) is 5.82 Å². The minimum absolute atomic E-state index is 0.319. The zero-order chi connectivity index (χ0) is 10.1. The summed E-state index contributed by atoms with van der Waals surface area (Å²) in [6.45, 7) is 4.14. The van der Waals surface area contributed by atoms with E-state index in [4.69, 9.17) is 0 Å². The molecule has 2 nitrogen and oxygen atoms in total. The fourth-order valence-corrected chi connectivity index (χ4v) is 1.48. The topological polar surface area (TPSA) is 25.8 Å². The van der Waals surface area contributed by atoms with Gasteiger partial charge >= 0.3 is 0 Å². The van der Waals surface area contributed by atoms with Crippen LogP contribution in [0.1, 0.15) is 25.3 Å². The van der Waals surface area contributed by atoms with Crippen LogP contribution in [0.2, 0.25) is 0 Å². The summed E-state index contributed by atoms with van der Waals surface area (Å²) >= 11 is 0. The largest absolute Gasteiger partial charge is 0.264 e. The summed E-state index contributed by atoms with van der Waals surface area (Å²) in [5.74, 6) is 0.0318. The van der Waals surface area contributed by atoms with E-state index in [1.54, 1.807) is 12.4 Å². The highest BCUT2D eigenvalue weighted by molar-refractivity contribution is 5.80. The number of halogens is 1. The lowest BCUT2D eigenvalue weighted by molar-refractivity contribution is 0.624. The molecule has 72 valence electrons. The van der Waals surface area contributed by atoms with Crippen molar-refractivity contribution in [2.75, 3.05) is 0 Å². The summed E-state index contributed by atoms with van der Waals surface area (Å²) in [6.07, 6.45) is 4.67. The standard InChI is InChI=1S/C11H11FN2/c1-7(2)10-6-13-4-8-3-9(12)5-14-11(8)10/h3-7H,1-2H3. The lowest BCUT2D eigenvalue weighted by atomic mass is 10.0. The van der Waals surface area contributed by atoms with Gasteiger partial charge in [-0.25, -0.2) is 4.39 Å². The summed E-state index contributed by atoms with van der Waals surface area (Å²) in [4.78, 5) is 8.16. The Hall–Kier alpha value is -1.51. The van der Waals surface area contributed by atoms with Gasteiger partial charge in [0.05, 0.1) is 11.7 Å². The molecular formula is C11H11FN2. The second-order valence-corrected chi connectivity index (χ2v) is 3.61. The van der Waals surface area contributed by atoms with Gasteiger partial charge < -0.3 is 0 Å². The molecule has 0 aliphatic rings. The van der Waals surface area contributed by atoms with Crippen LogP contribution in [-0.2, 0) is 0 Å². The van der Waals surface area contributed by atoms with Crippen molar-refractivity contribution in [3.05, 3.63) is 36.0 Å². The Labute approximate surface area is 81.8 Å². The molecule has 0 aliphatic heterocycles. The number of hydrogen-bond donors (Lipinski definition) is 0. The molecule has 14 heavy (non-hydrogen) atoms. The maximum Gasteiger partial charge on any atom is 0.142 e. The molecule has 0 fully saturated rings. The van der Waals surface area contributed by atoms with Gasteiger partial charge in [-0.2, -0.15) is 0 Å². The number of rotatable bonds is 1. The highest BCUT2D eigenvalue weighted by Gasteiger charge is 2.06. The van der Waals surface area contributed by atoms with Crippen LogP contribution in [0.3, 0.4) is 0 Å². The van der Waals surface area contributed by atoms with Gasteiger partial charge in [0.2, 0.25) is 0 Å². The first kappa shape index (κ1) is 9.06. The zero-order valence-electron chi connectivity index (χ0n) is 8.16. The maximum absolute atomic E-state index is 12.9. The minimum atomic E-state index is -0.319. The van der Waals surface area contributed by atoms with Crippen molar-refractivity contribution in [1.29, 1.82) is 0 Å². The molecule has 2 aromatic rings. The fraction of sp³-hybridized carbons (Fsp3) is 0.273. The first-order valence-corrected chi connectivity index (χ1v) is 4.57. The van der Waals surface area contributed by atoms with Crippen LogP contribution in [0.25, 0.3) is 10.9 Å². The van der Waals surface area contributed by atoms with E-state index in [2.05, 4.69) is 23.8 Å². The first-order chi connectivity index (χ1) is 6.68. The summed E-state index contributed by atoms with van der Waals surface area (Å²) in [6, 6.07) is 1.46. The van der Waals surface area contributed by atoms with Crippen LogP contribution < -0.4 is 0 Å². The second-order valence-electron chi connectivity index (χ2n) is 3.61. The van der Waals surface area contributed by atoms with Crippen LogP contribution in [0.5, 0.6) is 0 Å². The monoisotopic (exact) mass is 190 g/mol. The van der Waals surface area contributed by atoms with E-state index in [0.29, 0.717) is 5.92 Å². The molecule has 0 bridgehead atoms. The van der Waals surface area contributed by atoms with Crippen molar-refractivity contribution >= 4 is 10.9 Å². The van der Waals surface area contributed by atoms with Gasteiger partial charge in [-0.15, -0.1) is 0 Å². The molecule has 2 heterocycles. The normalized spacial score (nSPS) is 11.1. The molecule has 0 saturated heterocycles. The second kappa shape index (κ2) is 3.33. The van der Waals surface area contributed by atoms with Crippen LogP contribution in [-0.4, -0.2) is 9.97 Å². The number of aromatic nitrogens is 2. The quantitative estimate of drug-likeness (QED) is 0.691. The Morgan fingerprint density at radius 2 is 2.00 bits per heavy atom. The van der Waals surface area contributed by atoms with Crippen LogP contribution in [0.15, 0.2) is 24.7 Å². The van der Waals surface area contributed by atoms with Crippen molar-refractivity contribution in [2.24, 2.45) is 0 Å². The van der Waals surface area contributed by atoms with E-state index in [1.165, 1.54) is 12.3 Å². The summed E-state index contributed by atoms with van der Waals surface area (Å²) in [5, 5.41) is 0.760. The lowest BCUT2D eigenvalue weighted by Gasteiger charge is -2.07. The van der Waals surface area contributed by atoms with Crippen LogP contribution >= 0.6 is 0 Å². The van der Waals surface area contributed by atoms with E-state index >= 15 is 0 Å². The van der Waals surface area contributed by atoms with Gasteiger partial charge in [0.15, 0.2) is 0 Å². The molecule has 0 aromatic carbocycles. The molecule has 0 aliphatic carbocycles. The van der Waals surface area contributed by atoms with E-state index in [-0.39, 0.29) is 5.82 Å². The van der Waals surface area contributed by atoms with Gasteiger partial charge in [0.25, 0.3) is 0 Å². The van der Waals surface area contributed by atoms with Gasteiger partial charge in [-0.1, -0.05) is 13.8 Å². The average Bonchev–Trinajstić information content (AvgIpc) is 2.16. The Bertz CT molecular complexity index is 466. The Morgan fingerprint density at radius 3 is 2.71 bits per heavy atom. The molecule has 0 spiro atoms. The van der Waals surface area contributed by atoms with Gasteiger partial charge in [0, 0.05) is 17.8 Å². The number of pyridine rings is 2.